The SMILES string of the molecule is CN=C(NCC(C)N(C)Cc1ccccc1)N1CCOC(c2cnn(C)c2)C1. The zero-order chi connectivity index (χ0) is 19.9. The molecule has 1 aromatic heterocycles. The Bertz CT molecular complexity index is 759. The van der Waals surface area contributed by atoms with Crippen LogP contribution in [0, 0.1) is 0 Å². The topological polar surface area (TPSA) is 57.9 Å². The van der Waals surface area contributed by atoms with Gasteiger partial charge in [0.15, 0.2) is 5.96 Å². The molecule has 0 bridgehead atoms. The molecule has 0 aliphatic carbocycles. The molecule has 2 aromatic rings. The summed E-state index contributed by atoms with van der Waals surface area (Å²) in [7, 11) is 5.93. The lowest BCUT2D eigenvalue weighted by Crippen LogP contribution is -2.50. The van der Waals surface area contributed by atoms with Gasteiger partial charge in [-0.15, -0.1) is 0 Å². The molecule has 1 saturated heterocycles. The van der Waals surface area contributed by atoms with E-state index in [1.54, 1.807) is 0 Å². The molecule has 1 aliphatic rings. The largest absolute Gasteiger partial charge is 0.370 e. The minimum Gasteiger partial charge on any atom is -0.370 e. The van der Waals surface area contributed by atoms with Crippen LogP contribution < -0.4 is 5.32 Å². The van der Waals surface area contributed by atoms with Gasteiger partial charge in [0.05, 0.1) is 19.3 Å². The van der Waals surface area contributed by atoms with Gasteiger partial charge in [0, 0.05) is 51.5 Å². The Kier molecular flexibility index (Phi) is 7.06. The molecular formula is C21H32N6O. The summed E-state index contributed by atoms with van der Waals surface area (Å²) in [6, 6.07) is 11.0. The van der Waals surface area contributed by atoms with Crippen molar-refractivity contribution in [3.63, 3.8) is 0 Å². The fourth-order valence-electron chi connectivity index (χ4n) is 3.40. The average molecular weight is 385 g/mol. The van der Waals surface area contributed by atoms with Crippen molar-refractivity contribution in [2.45, 2.75) is 25.6 Å². The normalized spacial score (nSPS) is 19.1. The highest BCUT2D eigenvalue weighted by molar-refractivity contribution is 5.80. The van der Waals surface area contributed by atoms with Gasteiger partial charge in [-0.05, 0) is 19.5 Å². The molecular weight excluding hydrogens is 352 g/mol. The fraction of sp³-hybridized carbons (Fsp3) is 0.524. The highest BCUT2D eigenvalue weighted by Gasteiger charge is 2.25. The third kappa shape index (κ3) is 5.33. The smallest absolute Gasteiger partial charge is 0.193 e. The number of aryl methyl sites for hydroxylation is 1. The number of aliphatic imine (C=N–C) groups is 1. The van der Waals surface area contributed by atoms with Crippen molar-refractivity contribution in [3.8, 4) is 0 Å². The summed E-state index contributed by atoms with van der Waals surface area (Å²) < 4.78 is 7.76. The van der Waals surface area contributed by atoms with Gasteiger partial charge in [0.25, 0.3) is 0 Å². The molecule has 0 radical (unpaired) electrons. The Balaban J connectivity index is 1.52. The summed E-state index contributed by atoms with van der Waals surface area (Å²) in [5.74, 6) is 0.928. The monoisotopic (exact) mass is 384 g/mol. The van der Waals surface area contributed by atoms with Crippen molar-refractivity contribution in [3.05, 3.63) is 53.9 Å². The number of likely N-dealkylation sites (N-methyl/N-ethyl adjacent to an activating group) is 1. The maximum Gasteiger partial charge on any atom is 0.193 e. The lowest BCUT2D eigenvalue weighted by atomic mass is 10.1. The summed E-state index contributed by atoms with van der Waals surface area (Å²) >= 11 is 0. The minimum absolute atomic E-state index is 0.0270. The summed E-state index contributed by atoms with van der Waals surface area (Å²) in [4.78, 5) is 9.12. The number of guanidine groups is 1. The van der Waals surface area contributed by atoms with Gasteiger partial charge in [0.1, 0.15) is 6.10 Å². The first-order chi connectivity index (χ1) is 13.6. The lowest BCUT2D eigenvalue weighted by molar-refractivity contribution is -0.00811. The lowest BCUT2D eigenvalue weighted by Gasteiger charge is -2.35. The Morgan fingerprint density at radius 2 is 2.18 bits per heavy atom. The molecule has 7 nitrogen and oxygen atoms in total. The minimum atomic E-state index is 0.0270. The van der Waals surface area contributed by atoms with Crippen molar-refractivity contribution < 1.29 is 4.74 Å². The third-order valence-corrected chi connectivity index (χ3v) is 5.26. The zero-order valence-corrected chi connectivity index (χ0v) is 17.4. The quantitative estimate of drug-likeness (QED) is 0.609. The highest BCUT2D eigenvalue weighted by Crippen LogP contribution is 2.21. The van der Waals surface area contributed by atoms with Gasteiger partial charge in [-0.2, -0.15) is 5.10 Å². The first-order valence-electron chi connectivity index (χ1n) is 9.86. The van der Waals surface area contributed by atoms with Crippen LogP contribution in [0.3, 0.4) is 0 Å². The molecule has 0 spiro atoms. The van der Waals surface area contributed by atoms with Gasteiger partial charge < -0.3 is 15.0 Å². The van der Waals surface area contributed by atoms with Crippen molar-refractivity contribution in [2.24, 2.45) is 12.0 Å². The summed E-state index contributed by atoms with van der Waals surface area (Å²) in [6.45, 7) is 6.31. The molecule has 2 heterocycles. The number of rotatable bonds is 6. The molecule has 1 aromatic carbocycles. The first-order valence-corrected chi connectivity index (χ1v) is 9.86. The maximum atomic E-state index is 5.95. The van der Waals surface area contributed by atoms with Crippen LogP contribution in [-0.4, -0.2) is 71.9 Å². The Morgan fingerprint density at radius 1 is 1.39 bits per heavy atom. The molecule has 7 heteroatoms. The van der Waals surface area contributed by atoms with Crippen LogP contribution in [0.4, 0.5) is 0 Å². The van der Waals surface area contributed by atoms with Crippen LogP contribution in [0.2, 0.25) is 0 Å². The molecule has 152 valence electrons. The molecule has 2 unspecified atom stereocenters. The van der Waals surface area contributed by atoms with Crippen LogP contribution >= 0.6 is 0 Å². The van der Waals surface area contributed by atoms with Gasteiger partial charge in [0.2, 0.25) is 0 Å². The van der Waals surface area contributed by atoms with Gasteiger partial charge in [-0.25, -0.2) is 0 Å². The maximum absolute atomic E-state index is 5.95. The van der Waals surface area contributed by atoms with Crippen molar-refractivity contribution >= 4 is 5.96 Å². The average Bonchev–Trinajstić information content (AvgIpc) is 3.15. The van der Waals surface area contributed by atoms with E-state index in [1.807, 2.05) is 31.2 Å². The molecule has 28 heavy (non-hydrogen) atoms. The number of nitrogens with zero attached hydrogens (tertiary/aromatic N) is 5. The molecule has 0 saturated carbocycles. The second-order valence-corrected chi connectivity index (χ2v) is 7.43. The van der Waals surface area contributed by atoms with Gasteiger partial charge in [-0.3, -0.25) is 14.6 Å². The van der Waals surface area contributed by atoms with Crippen LogP contribution in [0.1, 0.15) is 24.2 Å². The number of aromatic nitrogens is 2. The molecule has 1 N–H and O–H groups in total. The first kappa shape index (κ1) is 20.4. The summed E-state index contributed by atoms with van der Waals surface area (Å²) in [5.41, 5.74) is 2.44. The molecule has 3 rings (SSSR count). The van der Waals surface area contributed by atoms with E-state index < -0.39 is 0 Å². The molecule has 1 aliphatic heterocycles. The van der Waals surface area contributed by atoms with Crippen molar-refractivity contribution in [1.29, 1.82) is 0 Å². The van der Waals surface area contributed by atoms with E-state index in [0.717, 1.165) is 37.7 Å². The number of nitrogens with one attached hydrogen (secondary N) is 1. The number of ether oxygens (including phenoxy) is 1. The third-order valence-electron chi connectivity index (χ3n) is 5.26. The van der Waals surface area contributed by atoms with Crippen LogP contribution in [0.25, 0.3) is 0 Å². The summed E-state index contributed by atoms with van der Waals surface area (Å²) in [5, 5.41) is 7.80. The predicted octanol–water partition coefficient (Wildman–Crippen LogP) is 1.89. The number of hydrogen-bond acceptors (Lipinski definition) is 4. The van der Waals surface area contributed by atoms with Crippen LogP contribution in [0.15, 0.2) is 47.7 Å². The van der Waals surface area contributed by atoms with Crippen molar-refractivity contribution in [2.75, 3.05) is 40.3 Å². The zero-order valence-electron chi connectivity index (χ0n) is 17.4. The Hall–Kier alpha value is -2.38. The molecule has 0 amide bonds. The predicted molar refractivity (Wildman–Crippen MR) is 112 cm³/mol. The number of morpholine rings is 1. The number of benzene rings is 1. The van der Waals surface area contributed by atoms with E-state index in [0.29, 0.717) is 12.6 Å². The van der Waals surface area contributed by atoms with E-state index >= 15 is 0 Å². The fourth-order valence-corrected chi connectivity index (χ4v) is 3.40. The highest BCUT2D eigenvalue weighted by atomic mass is 16.5. The summed E-state index contributed by atoms with van der Waals surface area (Å²) in [6.07, 6.45) is 3.93. The van der Waals surface area contributed by atoms with E-state index in [9.17, 15) is 0 Å². The van der Waals surface area contributed by atoms with E-state index in [4.69, 9.17) is 4.74 Å². The van der Waals surface area contributed by atoms with Crippen LogP contribution in [-0.2, 0) is 18.3 Å². The number of hydrogen-bond donors (Lipinski definition) is 1. The van der Waals surface area contributed by atoms with E-state index in [-0.39, 0.29) is 6.10 Å². The van der Waals surface area contributed by atoms with E-state index in [2.05, 4.69) is 69.5 Å². The Morgan fingerprint density at radius 3 is 2.86 bits per heavy atom. The van der Waals surface area contributed by atoms with Crippen LogP contribution in [0.5, 0.6) is 0 Å². The van der Waals surface area contributed by atoms with E-state index in [1.165, 1.54) is 5.56 Å². The molecule has 2 atom stereocenters. The van der Waals surface area contributed by atoms with Crippen molar-refractivity contribution in [1.82, 2.24) is 24.9 Å². The Labute approximate surface area is 168 Å². The van der Waals surface area contributed by atoms with Gasteiger partial charge in [-0.1, -0.05) is 30.3 Å². The second kappa shape index (κ2) is 9.71. The molecule has 1 fully saturated rings. The standard InChI is InChI=1S/C21H32N6O/c1-17(25(3)14-18-8-6-5-7-9-18)12-23-21(22-2)27-10-11-28-20(16-27)19-13-24-26(4)15-19/h5-9,13,15,17,20H,10-12,14,16H2,1-4H3,(H,22,23). The van der Waals surface area contributed by atoms with Gasteiger partial charge >= 0.3 is 0 Å². The second-order valence-electron chi connectivity index (χ2n) is 7.43.